The number of rotatable bonds is 34. The average molecular weight is 2200 g/mol. The third-order valence-electron chi connectivity index (χ3n) is 19.9. The minimum absolute atomic E-state index is 0. The van der Waals surface area contributed by atoms with E-state index in [0.717, 1.165) is 0 Å². The van der Waals surface area contributed by atoms with Crippen molar-refractivity contribution in [2.75, 3.05) is 53.4 Å². The molecule has 47 nitrogen and oxygen atoms in total. The van der Waals surface area contributed by atoms with Crippen molar-refractivity contribution in [3.63, 3.8) is 0 Å². The summed E-state index contributed by atoms with van der Waals surface area (Å²) in [5, 5.41) is 158. The number of ether oxygens (including phenoxy) is 15. The maximum atomic E-state index is 11.5. The SMILES string of the molecule is CC[C@@H]1C(O)[C@H](OC[C@@H]2C(O)[C@H](OC[C@@H]3C(O)[C@H](OC[C@@H]4C(O)C(O)OC(C)[C@H]4O)OC(C)[C@H]3OOS(=O)[O-])OC(C)[C@H]2OOS(=O)[O-])OC(C)[C@H]1O.CO[C@@H]1OC(C)[C@@H](O)[C@H](CO[C@@H]2OC(C)[C@@H](OOS(=O)[O-])[C@H](CO[C@@H]3OC(C)[C@@H](OOS(=O)[O-])[C@H](O)C3O)C2O)C1CO[C@H]1OC(COO)[C@@H](O)[C@@H](O)C1O.F.F.F.F.FF.FF.FF.FF.FF.FF.FF.FF.FF.FF.FF.FF. The normalized spacial score (nSPS) is 38.1. The maximum absolute atomic E-state index is 11.5. The van der Waals surface area contributed by atoms with Gasteiger partial charge in [-0.15, -0.1) is 17.3 Å². The van der Waals surface area contributed by atoms with Gasteiger partial charge in [-0.2, -0.15) is 0 Å². The van der Waals surface area contributed by atoms with E-state index in [4.69, 9.17) is 201 Å². The zero-order valence-electron chi connectivity index (χ0n) is 69.9. The molecule has 0 aromatic rings. The van der Waals surface area contributed by atoms with E-state index in [0.29, 0.717) is 6.42 Å². The van der Waals surface area contributed by atoms with Gasteiger partial charge in [0.15, 0.2) is 50.3 Å². The predicted octanol–water partition coefficient (Wildman–Crippen LogP) is 1.69. The Labute approximate surface area is 756 Å². The Bertz CT molecular complexity index is 2820. The van der Waals surface area contributed by atoms with Crippen LogP contribution in [0, 0.1) is 41.4 Å². The maximum Gasteiger partial charge on any atom is 0.186 e. The van der Waals surface area contributed by atoms with Gasteiger partial charge in [-0.25, -0.2) is 41.3 Å². The smallest absolute Gasteiger partial charge is 0.186 e. The van der Waals surface area contributed by atoms with Gasteiger partial charge in [-0.3, -0.25) is 24.1 Å². The molecular weight excluding hydrogens is 2100 g/mol. The van der Waals surface area contributed by atoms with E-state index in [1.54, 1.807) is 20.8 Å². The molecule has 44 atom stereocenters. The van der Waals surface area contributed by atoms with Crippen LogP contribution in [0.5, 0.6) is 0 Å². The molecule has 15 N–H and O–H groups in total. The van der Waals surface area contributed by atoms with Crippen molar-refractivity contribution in [3.8, 4) is 0 Å². The Morgan fingerprint density at radius 2 is 0.493 bits per heavy atom. The highest BCUT2D eigenvalue weighted by atomic mass is 32.2. The van der Waals surface area contributed by atoms with Crippen molar-refractivity contribution in [2.24, 2.45) is 41.4 Å². The molecule has 8 fully saturated rings. The summed E-state index contributed by atoms with van der Waals surface area (Å²) in [6.45, 7) is 8.76. The molecule has 0 aliphatic carbocycles. The number of aliphatic hydroxyl groups excluding tert-OH is 14. The van der Waals surface area contributed by atoms with Crippen LogP contribution in [0.3, 0.4) is 0 Å². The van der Waals surface area contributed by atoms with Gasteiger partial charge in [0.25, 0.3) is 0 Å². The number of halogens is 28. The first-order valence-electron chi connectivity index (χ1n) is 35.7. The van der Waals surface area contributed by atoms with E-state index in [2.05, 4.69) is 27.1 Å². The molecule has 8 heterocycles. The molecule has 136 heavy (non-hydrogen) atoms. The van der Waals surface area contributed by atoms with Gasteiger partial charge >= 0.3 is 0 Å². The second-order valence-corrected chi connectivity index (χ2v) is 29.0. The lowest BCUT2D eigenvalue weighted by Gasteiger charge is -2.46. The minimum Gasteiger partial charge on any atom is -0.748 e. The standard InChI is InChI=1S/C29H52O22S2.C28H50O25S2.12F2.4FH/c1-6-14-18(30)11(3)45-27(21(14)33)42-8-16-23(35)29(47-13(5)25(16)49-51-53(39)40)43-9-17-22(34)28(46-12(4)24(17)48-50-52(37)38)41-7-15-19(31)10(2)44-26(36)20(15)32;1-9-16(29)12(13(25(41-4)46-9)6-43-28-21(34)19(32)18(31)15(49-28)8-45-36)5-42-26-17(30)14(23(10(2)47-26)50-52-54(37)38)7-44-27-22(35)20(33)24(11(3)48-27)51-53-55(39)40;12*1-2;;;;/h10-36H,6-9H2,1-5H3,(H,37,38)(H,39,40);9-36H,5-8H2,1-4H3,(H,37,38)(H,39,40);;;;;;;;;;;;;4*1H/p-4/t10?,11?,12?,13?,14-,15-,16+,17+,18+,19+,20?,21?,22?,23?,24+,25+,26?,27+,28+,29+;9?,10?,11?,12-,13?,14-,15?,16-,17?,18-,19-,20-,21?,22?,23-,24-,25-,26-,27-,28+;;;;;;;;;;;;;;;;/m01................/s1. The van der Waals surface area contributed by atoms with Crippen molar-refractivity contribution in [1.82, 2.24) is 0 Å². The molecule has 0 amide bonds. The number of hydrogen-bond donors (Lipinski definition) is 15. The average Bonchev–Trinajstić information content (AvgIpc) is 0.774. The van der Waals surface area contributed by atoms with E-state index in [1.165, 1.54) is 41.7 Å². The van der Waals surface area contributed by atoms with Gasteiger partial charge in [-0.05, 0) is 54.9 Å². The fraction of sp³-hybridized carbons (Fsp3) is 1.00. The van der Waals surface area contributed by atoms with Crippen molar-refractivity contribution in [3.05, 3.63) is 0 Å². The molecule has 0 saturated carbocycles. The molecule has 79 heteroatoms. The van der Waals surface area contributed by atoms with Crippen LogP contribution in [0.1, 0.15) is 61.8 Å². The topological polar surface area (TPSA) is 685 Å². The third-order valence-corrected chi connectivity index (χ3v) is 20.7. The Kier molecular flexibility index (Phi) is 98.3. The van der Waals surface area contributed by atoms with Crippen molar-refractivity contribution >= 4 is 45.4 Å². The van der Waals surface area contributed by atoms with E-state index in [1.807, 2.05) is 0 Å². The van der Waals surface area contributed by atoms with Crippen LogP contribution < -0.4 is 0 Å². The first-order valence-corrected chi connectivity index (χ1v) is 39.7. The van der Waals surface area contributed by atoms with E-state index in [-0.39, 0.29) is 32.0 Å². The number of methoxy groups -OCH3 is 1. The molecule has 0 bridgehead atoms. The summed E-state index contributed by atoms with van der Waals surface area (Å²) in [5.41, 5.74) is 0. The molecule has 0 aromatic heterocycles. The van der Waals surface area contributed by atoms with E-state index >= 15 is 0 Å². The highest BCUT2D eigenvalue weighted by Crippen LogP contribution is 2.40. The molecule has 8 saturated heterocycles. The highest BCUT2D eigenvalue weighted by Gasteiger charge is 2.55. The number of aliphatic hydroxyl groups is 14. The molecule has 0 spiro atoms. The first kappa shape index (κ1) is 153. The largest absolute Gasteiger partial charge is 0.748 e. The van der Waals surface area contributed by atoms with Crippen molar-refractivity contribution in [1.29, 1.82) is 0 Å². The second kappa shape index (κ2) is 87.3. The van der Waals surface area contributed by atoms with Gasteiger partial charge in [0.1, 0.15) is 144 Å². The summed E-state index contributed by atoms with van der Waals surface area (Å²) >= 11 is -12.6. The molecule has 0 radical (unpaired) electrons. The van der Waals surface area contributed by atoms with Gasteiger partial charge < -0.3 is 161 Å². The lowest BCUT2D eigenvalue weighted by Crippen LogP contribution is -2.61. The van der Waals surface area contributed by atoms with Crippen molar-refractivity contribution < 1.29 is 353 Å². The molecule has 8 rings (SSSR count). The molecule has 8 aliphatic rings. The Hall–Kier alpha value is -3.08. The van der Waals surface area contributed by atoms with Crippen molar-refractivity contribution in [2.45, 2.75) is 265 Å². The number of hydrogen-bond acceptors (Lipinski definition) is 47. The fourth-order valence-corrected chi connectivity index (χ4v) is 14.4. The summed E-state index contributed by atoms with van der Waals surface area (Å²) in [6.07, 6.45) is -44.8. The van der Waals surface area contributed by atoms with Crippen LogP contribution in [0.15, 0.2) is 0 Å². The van der Waals surface area contributed by atoms with Gasteiger partial charge in [0.05, 0.1) is 101 Å². The van der Waals surface area contributed by atoms with E-state index in [9.17, 15) is 107 Å². The molecule has 836 valence electrons. The second-order valence-electron chi connectivity index (χ2n) is 26.8. The summed E-state index contributed by atoms with van der Waals surface area (Å²) < 4.78 is 382. The van der Waals surface area contributed by atoms with Gasteiger partial charge in [0.2, 0.25) is 0 Å². The van der Waals surface area contributed by atoms with Crippen LogP contribution in [0.25, 0.3) is 0 Å². The van der Waals surface area contributed by atoms with Gasteiger partial charge in [0, 0.05) is 158 Å². The zero-order valence-corrected chi connectivity index (χ0v) is 73.1. The van der Waals surface area contributed by atoms with Crippen LogP contribution in [-0.2, 0) is 158 Å². The Morgan fingerprint density at radius 3 is 0.801 bits per heavy atom. The fourth-order valence-electron chi connectivity index (χ4n) is 13.8. The third kappa shape index (κ3) is 48.3. The monoisotopic (exact) mass is 2200 g/mol. The molecular formula is C57H102F28O47S4-4. The predicted molar refractivity (Wildman–Crippen MR) is 371 cm³/mol. The minimum atomic E-state index is -3.17. The highest BCUT2D eigenvalue weighted by molar-refractivity contribution is 7.74. The molecule has 0 aromatic carbocycles. The van der Waals surface area contributed by atoms with Crippen LogP contribution in [0.4, 0.5) is 129 Å². The first-order chi connectivity index (χ1) is 63.0. The molecule has 8 aliphatic heterocycles. The Morgan fingerprint density at radius 1 is 0.257 bits per heavy atom. The van der Waals surface area contributed by atoms with Crippen LogP contribution in [-0.4, -0.2) is 368 Å². The quantitative estimate of drug-likeness (QED) is 0.0189. The summed E-state index contributed by atoms with van der Waals surface area (Å²) in [6, 6.07) is 0. The Balaban J connectivity index is -0.000000233. The van der Waals surface area contributed by atoms with Gasteiger partial charge in [-0.1, -0.05) is 6.92 Å². The van der Waals surface area contributed by atoms with E-state index < -0.39 is 323 Å². The van der Waals surface area contributed by atoms with Crippen LogP contribution in [0.2, 0.25) is 0 Å². The summed E-state index contributed by atoms with van der Waals surface area (Å²) in [4.78, 5) is 23.7. The lowest BCUT2D eigenvalue weighted by molar-refractivity contribution is -0.372. The van der Waals surface area contributed by atoms with Crippen LogP contribution >= 0.6 is 0 Å². The zero-order chi connectivity index (χ0) is 104. The lowest BCUT2D eigenvalue weighted by atomic mass is 9.83. The summed E-state index contributed by atoms with van der Waals surface area (Å²) in [5.74, 6) is -7.12. The summed E-state index contributed by atoms with van der Waals surface area (Å²) in [7, 11) is 1.32. The molecule has 21 unspecified atom stereocenters.